The summed E-state index contributed by atoms with van der Waals surface area (Å²) in [6.07, 6.45) is 1.78. The van der Waals surface area contributed by atoms with Gasteiger partial charge >= 0.3 is 0 Å². The largest absolute Gasteiger partial charge is 0.374 e. The minimum Gasteiger partial charge on any atom is -0.374 e. The van der Waals surface area contributed by atoms with E-state index in [1.54, 1.807) is 12.3 Å². The molecule has 0 bridgehead atoms. The minimum atomic E-state index is -0.0779. The standard InChI is InChI=1S/C14H12N4OS/c1-9-7-12(19)11(13-16-17-14(15)20-13)8-18(9)10-5-3-2-4-6-10/h2-8H,1H3,(H2,15,17). The highest BCUT2D eigenvalue weighted by molar-refractivity contribution is 7.18. The molecule has 0 aliphatic heterocycles. The van der Waals surface area contributed by atoms with Gasteiger partial charge in [0.1, 0.15) is 0 Å². The molecule has 0 saturated carbocycles. The fourth-order valence-corrected chi connectivity index (χ4v) is 2.63. The smallest absolute Gasteiger partial charge is 0.203 e. The summed E-state index contributed by atoms with van der Waals surface area (Å²) < 4.78 is 1.95. The predicted octanol–water partition coefficient (Wildman–Crippen LogP) is 2.25. The molecule has 3 aromatic rings. The highest BCUT2D eigenvalue weighted by atomic mass is 32.1. The number of aryl methyl sites for hydroxylation is 1. The maximum absolute atomic E-state index is 12.1. The lowest BCUT2D eigenvalue weighted by atomic mass is 10.2. The molecule has 2 N–H and O–H groups in total. The first kappa shape index (κ1) is 12.6. The molecule has 20 heavy (non-hydrogen) atoms. The van der Waals surface area contributed by atoms with Gasteiger partial charge in [-0.3, -0.25) is 4.79 Å². The van der Waals surface area contributed by atoms with Gasteiger partial charge in [-0.15, -0.1) is 10.2 Å². The van der Waals surface area contributed by atoms with Crippen LogP contribution in [0.15, 0.2) is 47.4 Å². The van der Waals surface area contributed by atoms with Crippen molar-refractivity contribution in [1.82, 2.24) is 14.8 Å². The summed E-state index contributed by atoms with van der Waals surface area (Å²) in [4.78, 5) is 12.1. The lowest BCUT2D eigenvalue weighted by Gasteiger charge is -2.11. The first-order chi connectivity index (χ1) is 9.65. The van der Waals surface area contributed by atoms with Crippen molar-refractivity contribution in [3.05, 3.63) is 58.5 Å². The second-order valence-electron chi connectivity index (χ2n) is 4.34. The Labute approximate surface area is 119 Å². The summed E-state index contributed by atoms with van der Waals surface area (Å²) in [5.74, 6) is 0. The molecule has 3 rings (SSSR count). The van der Waals surface area contributed by atoms with Gasteiger partial charge in [0, 0.05) is 23.6 Å². The van der Waals surface area contributed by atoms with Crippen LogP contribution < -0.4 is 11.2 Å². The van der Waals surface area contributed by atoms with E-state index in [1.807, 2.05) is 41.8 Å². The van der Waals surface area contributed by atoms with Crippen LogP contribution in [0.1, 0.15) is 5.69 Å². The molecular formula is C14H12N4OS. The fraction of sp³-hybridized carbons (Fsp3) is 0.0714. The molecular weight excluding hydrogens is 272 g/mol. The molecule has 5 nitrogen and oxygen atoms in total. The Morgan fingerprint density at radius 2 is 1.95 bits per heavy atom. The fourth-order valence-electron chi connectivity index (χ4n) is 2.00. The van der Waals surface area contributed by atoms with Crippen molar-refractivity contribution in [2.24, 2.45) is 0 Å². The summed E-state index contributed by atoms with van der Waals surface area (Å²) in [5, 5.41) is 8.59. The van der Waals surface area contributed by atoms with E-state index < -0.39 is 0 Å². The number of aromatic nitrogens is 3. The number of hydrogen-bond donors (Lipinski definition) is 1. The summed E-state index contributed by atoms with van der Waals surface area (Å²) in [6, 6.07) is 11.4. The van der Waals surface area contributed by atoms with E-state index in [-0.39, 0.29) is 5.43 Å². The molecule has 2 aromatic heterocycles. The van der Waals surface area contributed by atoms with Gasteiger partial charge in [-0.2, -0.15) is 0 Å². The molecule has 6 heteroatoms. The van der Waals surface area contributed by atoms with Crippen LogP contribution in [0.4, 0.5) is 5.13 Å². The van der Waals surface area contributed by atoms with E-state index in [0.29, 0.717) is 15.7 Å². The Bertz CT molecular complexity index is 808. The maximum Gasteiger partial charge on any atom is 0.203 e. The van der Waals surface area contributed by atoms with E-state index in [2.05, 4.69) is 10.2 Å². The molecule has 1 aromatic carbocycles. The quantitative estimate of drug-likeness (QED) is 0.783. The zero-order valence-corrected chi connectivity index (χ0v) is 11.6. The van der Waals surface area contributed by atoms with Crippen molar-refractivity contribution in [2.45, 2.75) is 6.92 Å². The molecule has 100 valence electrons. The number of hydrogen-bond acceptors (Lipinski definition) is 5. The SMILES string of the molecule is Cc1cc(=O)c(-c2nnc(N)s2)cn1-c1ccccc1. The summed E-state index contributed by atoms with van der Waals surface area (Å²) in [5.41, 5.74) is 7.86. The third-order valence-electron chi connectivity index (χ3n) is 2.95. The molecule has 0 amide bonds. The Balaban J connectivity index is 2.21. The van der Waals surface area contributed by atoms with Gasteiger partial charge < -0.3 is 10.3 Å². The molecule has 0 fully saturated rings. The summed E-state index contributed by atoms with van der Waals surface area (Å²) in [6.45, 7) is 1.90. The lowest BCUT2D eigenvalue weighted by Crippen LogP contribution is -2.11. The van der Waals surface area contributed by atoms with Crippen LogP contribution in [0.3, 0.4) is 0 Å². The van der Waals surface area contributed by atoms with Crippen molar-refractivity contribution >= 4 is 16.5 Å². The molecule has 0 aliphatic carbocycles. The van der Waals surface area contributed by atoms with Crippen LogP contribution in [0, 0.1) is 6.92 Å². The highest BCUT2D eigenvalue weighted by Gasteiger charge is 2.11. The van der Waals surface area contributed by atoms with Crippen LogP contribution in [0.5, 0.6) is 0 Å². The number of nitrogens with zero attached hydrogens (tertiary/aromatic N) is 3. The van der Waals surface area contributed by atoms with Crippen LogP contribution in [0.25, 0.3) is 16.3 Å². The summed E-state index contributed by atoms with van der Waals surface area (Å²) >= 11 is 1.21. The van der Waals surface area contributed by atoms with E-state index >= 15 is 0 Å². The van der Waals surface area contributed by atoms with Gasteiger partial charge in [0.25, 0.3) is 0 Å². The minimum absolute atomic E-state index is 0.0779. The van der Waals surface area contributed by atoms with Crippen molar-refractivity contribution in [3.8, 4) is 16.3 Å². The zero-order chi connectivity index (χ0) is 14.1. The number of para-hydroxylation sites is 1. The number of anilines is 1. The molecule has 2 heterocycles. The third-order valence-corrected chi connectivity index (χ3v) is 3.73. The highest BCUT2D eigenvalue weighted by Crippen LogP contribution is 2.23. The monoisotopic (exact) mass is 284 g/mol. The lowest BCUT2D eigenvalue weighted by molar-refractivity contribution is 0.973. The van der Waals surface area contributed by atoms with Gasteiger partial charge in [-0.1, -0.05) is 29.5 Å². The van der Waals surface area contributed by atoms with E-state index in [9.17, 15) is 4.79 Å². The number of benzene rings is 1. The Kier molecular flexibility index (Phi) is 3.08. The van der Waals surface area contributed by atoms with E-state index in [4.69, 9.17) is 5.73 Å². The third kappa shape index (κ3) is 2.21. The Morgan fingerprint density at radius 1 is 1.20 bits per heavy atom. The molecule has 0 spiro atoms. The van der Waals surface area contributed by atoms with Crippen LogP contribution in [-0.2, 0) is 0 Å². The van der Waals surface area contributed by atoms with Gasteiger partial charge in [0.15, 0.2) is 10.4 Å². The van der Waals surface area contributed by atoms with Crippen molar-refractivity contribution in [1.29, 1.82) is 0 Å². The molecule has 0 radical (unpaired) electrons. The van der Waals surface area contributed by atoms with Gasteiger partial charge in [-0.05, 0) is 19.1 Å². The predicted molar refractivity (Wildman–Crippen MR) is 80.1 cm³/mol. The van der Waals surface area contributed by atoms with Crippen molar-refractivity contribution in [3.63, 3.8) is 0 Å². The van der Waals surface area contributed by atoms with Gasteiger partial charge in [0.2, 0.25) is 5.13 Å². The first-order valence-corrected chi connectivity index (χ1v) is 6.85. The first-order valence-electron chi connectivity index (χ1n) is 6.03. The average Bonchev–Trinajstić information content (AvgIpc) is 2.86. The number of nitrogen functional groups attached to an aromatic ring is 1. The Morgan fingerprint density at radius 3 is 2.60 bits per heavy atom. The number of rotatable bonds is 2. The van der Waals surface area contributed by atoms with Crippen LogP contribution in [0.2, 0.25) is 0 Å². The topological polar surface area (TPSA) is 73.8 Å². The second-order valence-corrected chi connectivity index (χ2v) is 5.35. The maximum atomic E-state index is 12.1. The van der Waals surface area contributed by atoms with Crippen molar-refractivity contribution < 1.29 is 0 Å². The van der Waals surface area contributed by atoms with E-state index in [0.717, 1.165) is 11.4 Å². The average molecular weight is 284 g/mol. The zero-order valence-electron chi connectivity index (χ0n) is 10.8. The van der Waals surface area contributed by atoms with E-state index in [1.165, 1.54) is 11.3 Å². The van der Waals surface area contributed by atoms with Crippen LogP contribution >= 0.6 is 11.3 Å². The molecule has 0 unspecified atom stereocenters. The number of pyridine rings is 1. The second kappa shape index (κ2) is 4.90. The molecule has 0 aliphatic rings. The number of nitrogens with two attached hydrogens (primary N) is 1. The van der Waals surface area contributed by atoms with Crippen LogP contribution in [-0.4, -0.2) is 14.8 Å². The van der Waals surface area contributed by atoms with Gasteiger partial charge in [0.05, 0.1) is 5.56 Å². The Hall–Kier alpha value is -2.47. The van der Waals surface area contributed by atoms with Crippen molar-refractivity contribution in [2.75, 3.05) is 5.73 Å². The summed E-state index contributed by atoms with van der Waals surface area (Å²) in [7, 11) is 0. The normalized spacial score (nSPS) is 10.7. The van der Waals surface area contributed by atoms with Gasteiger partial charge in [-0.25, -0.2) is 0 Å². The molecule has 0 saturated heterocycles. The molecule has 0 atom stereocenters.